The summed E-state index contributed by atoms with van der Waals surface area (Å²) in [6.45, 7) is 3.96. The van der Waals surface area contributed by atoms with Crippen LogP contribution >= 0.6 is 11.6 Å². The predicted molar refractivity (Wildman–Crippen MR) is 127 cm³/mol. The highest BCUT2D eigenvalue weighted by atomic mass is 35.5. The van der Waals surface area contributed by atoms with Gasteiger partial charge in [0.05, 0.1) is 5.69 Å². The van der Waals surface area contributed by atoms with E-state index in [1.54, 1.807) is 42.5 Å². The van der Waals surface area contributed by atoms with Crippen molar-refractivity contribution in [1.82, 2.24) is 5.32 Å². The van der Waals surface area contributed by atoms with E-state index in [9.17, 15) is 14.4 Å². The lowest BCUT2D eigenvalue weighted by Crippen LogP contribution is -2.54. The van der Waals surface area contributed by atoms with Gasteiger partial charge in [0.1, 0.15) is 17.9 Å². The smallest absolute Gasteiger partial charge is 0.335 e. The number of anilines is 1. The van der Waals surface area contributed by atoms with Gasteiger partial charge in [-0.1, -0.05) is 54.1 Å². The van der Waals surface area contributed by atoms with E-state index in [0.717, 1.165) is 21.6 Å². The number of aryl methyl sites for hydroxylation is 2. The van der Waals surface area contributed by atoms with E-state index in [1.165, 1.54) is 6.08 Å². The molecule has 1 fully saturated rings. The van der Waals surface area contributed by atoms with E-state index < -0.39 is 17.8 Å². The number of para-hydroxylation sites is 1. The van der Waals surface area contributed by atoms with Crippen LogP contribution in [0, 0.1) is 13.8 Å². The molecule has 1 heterocycles. The molecule has 166 valence electrons. The first-order chi connectivity index (χ1) is 15.8. The zero-order valence-corrected chi connectivity index (χ0v) is 18.8. The van der Waals surface area contributed by atoms with E-state index in [4.69, 9.17) is 16.3 Å². The van der Waals surface area contributed by atoms with Crippen LogP contribution in [0.5, 0.6) is 5.75 Å². The third kappa shape index (κ3) is 4.81. The zero-order valence-electron chi connectivity index (χ0n) is 18.1. The Morgan fingerprint density at radius 1 is 0.939 bits per heavy atom. The maximum Gasteiger partial charge on any atom is 0.335 e. The minimum Gasteiger partial charge on any atom is -0.488 e. The van der Waals surface area contributed by atoms with Crippen molar-refractivity contribution >= 4 is 41.2 Å². The van der Waals surface area contributed by atoms with Gasteiger partial charge >= 0.3 is 6.03 Å². The van der Waals surface area contributed by atoms with E-state index in [1.807, 2.05) is 38.1 Å². The third-order valence-electron chi connectivity index (χ3n) is 5.13. The number of carbonyl (C=O) groups is 3. The summed E-state index contributed by atoms with van der Waals surface area (Å²) in [6, 6.07) is 18.9. The summed E-state index contributed by atoms with van der Waals surface area (Å²) in [5, 5.41) is 2.83. The maximum absolute atomic E-state index is 13.2. The number of ether oxygens (including phenoxy) is 1. The van der Waals surface area contributed by atoms with Crippen molar-refractivity contribution in [2.24, 2.45) is 0 Å². The lowest BCUT2D eigenvalue weighted by Gasteiger charge is -2.27. The molecule has 3 aromatic rings. The second kappa shape index (κ2) is 9.30. The largest absolute Gasteiger partial charge is 0.488 e. The molecule has 1 aliphatic rings. The Bertz CT molecular complexity index is 1280. The molecule has 0 spiro atoms. The third-order valence-corrected chi connectivity index (χ3v) is 5.49. The SMILES string of the molecule is Cc1cc(C)cc(N2C(=O)NC(=O)/C(=C\c3ccccc3OCc3ccccc3Cl)C2=O)c1. The van der Waals surface area contributed by atoms with Gasteiger partial charge in [0, 0.05) is 16.1 Å². The molecule has 7 heteroatoms. The lowest BCUT2D eigenvalue weighted by molar-refractivity contribution is -0.122. The van der Waals surface area contributed by atoms with Crippen LogP contribution in [0.25, 0.3) is 6.08 Å². The van der Waals surface area contributed by atoms with E-state index >= 15 is 0 Å². The number of urea groups is 1. The standard InChI is InChI=1S/C26H21ClN2O4/c1-16-11-17(2)13-20(12-16)29-25(31)21(24(30)28-26(29)32)14-18-7-4-6-10-23(18)33-15-19-8-3-5-9-22(19)27/h3-14H,15H2,1-2H3,(H,28,30,32)/b21-14+. The fourth-order valence-electron chi connectivity index (χ4n) is 3.63. The number of carbonyl (C=O) groups excluding carboxylic acids is 3. The quantitative estimate of drug-likeness (QED) is 0.419. The minimum absolute atomic E-state index is 0.164. The Balaban J connectivity index is 1.66. The Kier molecular flexibility index (Phi) is 6.29. The van der Waals surface area contributed by atoms with Gasteiger partial charge in [0.15, 0.2) is 0 Å². The van der Waals surface area contributed by atoms with Crippen molar-refractivity contribution in [2.75, 3.05) is 4.90 Å². The molecule has 0 atom stereocenters. The van der Waals surface area contributed by atoms with Crippen LogP contribution < -0.4 is 15.0 Å². The van der Waals surface area contributed by atoms with Crippen molar-refractivity contribution in [2.45, 2.75) is 20.5 Å². The number of amides is 4. The summed E-state index contributed by atoms with van der Waals surface area (Å²) in [5.41, 5.74) is 3.36. The summed E-state index contributed by atoms with van der Waals surface area (Å²) >= 11 is 6.21. The molecule has 1 N–H and O–H groups in total. The first-order valence-electron chi connectivity index (χ1n) is 10.3. The molecular weight excluding hydrogens is 440 g/mol. The van der Waals surface area contributed by atoms with Gasteiger partial charge in [-0.2, -0.15) is 0 Å². The number of hydrogen-bond donors (Lipinski definition) is 1. The fraction of sp³-hybridized carbons (Fsp3) is 0.115. The predicted octanol–water partition coefficient (Wildman–Crippen LogP) is 5.20. The summed E-state index contributed by atoms with van der Waals surface area (Å²) in [5.74, 6) is -0.985. The number of imide groups is 2. The summed E-state index contributed by atoms with van der Waals surface area (Å²) in [6.07, 6.45) is 1.43. The molecule has 0 bridgehead atoms. The van der Waals surface area contributed by atoms with Crippen molar-refractivity contribution in [3.05, 3.63) is 99.6 Å². The Morgan fingerprint density at radius 2 is 1.61 bits per heavy atom. The van der Waals surface area contributed by atoms with Crippen LogP contribution in [0.1, 0.15) is 22.3 Å². The highest BCUT2D eigenvalue weighted by Crippen LogP contribution is 2.27. The molecule has 4 amide bonds. The topological polar surface area (TPSA) is 75.7 Å². The number of nitrogens with one attached hydrogen (secondary N) is 1. The normalized spacial score (nSPS) is 15.1. The van der Waals surface area contributed by atoms with Gasteiger partial charge in [-0.15, -0.1) is 0 Å². The second-order valence-corrected chi connectivity index (χ2v) is 8.13. The summed E-state index contributed by atoms with van der Waals surface area (Å²) in [7, 11) is 0. The molecule has 0 radical (unpaired) electrons. The van der Waals surface area contributed by atoms with Gasteiger partial charge in [0.2, 0.25) is 0 Å². The van der Waals surface area contributed by atoms with Gasteiger partial charge in [0.25, 0.3) is 11.8 Å². The molecule has 1 saturated heterocycles. The molecule has 0 saturated carbocycles. The fourth-order valence-corrected chi connectivity index (χ4v) is 3.82. The van der Waals surface area contributed by atoms with Crippen LogP contribution in [-0.4, -0.2) is 17.8 Å². The molecule has 3 aromatic carbocycles. The lowest BCUT2D eigenvalue weighted by atomic mass is 10.0. The van der Waals surface area contributed by atoms with Crippen LogP contribution in [0.4, 0.5) is 10.5 Å². The van der Waals surface area contributed by atoms with Crippen LogP contribution in [0.3, 0.4) is 0 Å². The van der Waals surface area contributed by atoms with Crippen LogP contribution in [-0.2, 0) is 16.2 Å². The van der Waals surface area contributed by atoms with Crippen molar-refractivity contribution in [1.29, 1.82) is 0 Å². The highest BCUT2D eigenvalue weighted by molar-refractivity contribution is 6.39. The number of nitrogens with zero attached hydrogens (tertiary/aromatic N) is 1. The van der Waals surface area contributed by atoms with Gasteiger partial charge in [-0.3, -0.25) is 14.9 Å². The van der Waals surface area contributed by atoms with Crippen LogP contribution in [0.2, 0.25) is 5.02 Å². The van der Waals surface area contributed by atoms with Gasteiger partial charge < -0.3 is 4.74 Å². The molecule has 1 aliphatic heterocycles. The monoisotopic (exact) mass is 460 g/mol. The Labute approximate surface area is 196 Å². The van der Waals surface area contributed by atoms with Gasteiger partial charge in [-0.25, -0.2) is 9.69 Å². The maximum atomic E-state index is 13.2. The van der Waals surface area contributed by atoms with E-state index in [-0.39, 0.29) is 12.2 Å². The molecule has 0 aliphatic carbocycles. The van der Waals surface area contributed by atoms with Crippen LogP contribution in [0.15, 0.2) is 72.3 Å². The summed E-state index contributed by atoms with van der Waals surface area (Å²) < 4.78 is 5.93. The summed E-state index contributed by atoms with van der Waals surface area (Å²) in [4.78, 5) is 39.3. The number of benzene rings is 3. The molecule has 4 rings (SSSR count). The highest BCUT2D eigenvalue weighted by Gasteiger charge is 2.37. The van der Waals surface area contributed by atoms with Crippen molar-refractivity contribution < 1.29 is 19.1 Å². The van der Waals surface area contributed by atoms with Crippen molar-refractivity contribution in [3.8, 4) is 5.75 Å². The average molecular weight is 461 g/mol. The number of rotatable bonds is 5. The molecule has 0 unspecified atom stereocenters. The van der Waals surface area contributed by atoms with Gasteiger partial charge in [-0.05, 0) is 55.3 Å². The molecule has 33 heavy (non-hydrogen) atoms. The van der Waals surface area contributed by atoms with E-state index in [2.05, 4.69) is 5.32 Å². The average Bonchev–Trinajstić information content (AvgIpc) is 2.76. The molecular formula is C26H21ClN2O4. The van der Waals surface area contributed by atoms with E-state index in [0.29, 0.717) is 22.0 Å². The van der Waals surface area contributed by atoms with Crippen molar-refractivity contribution in [3.63, 3.8) is 0 Å². The minimum atomic E-state index is -0.782. The zero-order chi connectivity index (χ0) is 23.5. The first-order valence-corrected chi connectivity index (χ1v) is 10.7. The first kappa shape index (κ1) is 22.3. The Morgan fingerprint density at radius 3 is 2.33 bits per heavy atom. The molecule has 6 nitrogen and oxygen atoms in total. The Hall–Kier alpha value is -3.90. The number of halogens is 1. The molecule has 0 aromatic heterocycles. The number of barbiturate groups is 1. The second-order valence-electron chi connectivity index (χ2n) is 7.72. The number of hydrogen-bond acceptors (Lipinski definition) is 4.